The highest BCUT2D eigenvalue weighted by molar-refractivity contribution is 8.13. The lowest BCUT2D eigenvalue weighted by Gasteiger charge is -2.33. The predicted octanol–water partition coefficient (Wildman–Crippen LogP) is 4.39. The van der Waals surface area contributed by atoms with Crippen LogP contribution >= 0.6 is 23.5 Å². The molecule has 27 heavy (non-hydrogen) atoms. The molecule has 0 radical (unpaired) electrons. The highest BCUT2D eigenvalue weighted by Gasteiger charge is 2.25. The van der Waals surface area contributed by atoms with Gasteiger partial charge in [0, 0.05) is 23.6 Å². The average molecular weight is 408 g/mol. The molecule has 0 bridgehead atoms. The molecule has 146 valence electrons. The van der Waals surface area contributed by atoms with Crippen molar-refractivity contribution in [2.45, 2.75) is 42.1 Å². The highest BCUT2D eigenvalue weighted by atomic mass is 32.2. The van der Waals surface area contributed by atoms with Crippen molar-refractivity contribution < 1.29 is 19.8 Å². The molecule has 7 heteroatoms. The molecule has 1 aromatic rings. The van der Waals surface area contributed by atoms with Gasteiger partial charge in [0.25, 0.3) is 0 Å². The lowest BCUT2D eigenvalue weighted by atomic mass is 10.0. The van der Waals surface area contributed by atoms with Crippen LogP contribution in [0, 0.1) is 0 Å². The summed E-state index contributed by atoms with van der Waals surface area (Å²) in [5, 5.41) is 17.9. The number of nitrogens with zero attached hydrogens (tertiary/aromatic N) is 1. The van der Waals surface area contributed by atoms with Gasteiger partial charge in [0.05, 0.1) is 6.04 Å². The van der Waals surface area contributed by atoms with Crippen LogP contribution in [0.1, 0.15) is 25.7 Å². The summed E-state index contributed by atoms with van der Waals surface area (Å²) >= 11 is 2.24. The number of allylic oxidation sites excluding steroid dienone is 1. The van der Waals surface area contributed by atoms with E-state index >= 15 is 0 Å². The Bertz CT molecular complexity index is 663. The van der Waals surface area contributed by atoms with Crippen LogP contribution in [0.5, 0.6) is 0 Å². The Hall–Kier alpha value is -1.70. The lowest BCUT2D eigenvalue weighted by molar-refractivity contribution is -0.134. The van der Waals surface area contributed by atoms with E-state index in [2.05, 4.69) is 0 Å². The summed E-state index contributed by atoms with van der Waals surface area (Å²) in [4.78, 5) is 25.5. The largest absolute Gasteiger partial charge is 0.473 e. The fourth-order valence-electron chi connectivity index (χ4n) is 2.81. The SMILES string of the molecule is O=C(O)SCCC=CCN1C(=O)CCC[C@@H]1C=CC(O)Sc1ccccc1. The molecule has 0 spiro atoms. The molecule has 1 aliphatic rings. The van der Waals surface area contributed by atoms with Crippen molar-refractivity contribution in [1.29, 1.82) is 0 Å². The van der Waals surface area contributed by atoms with E-state index in [0.717, 1.165) is 29.5 Å². The second-order valence-corrected chi connectivity index (χ2v) is 8.32. The van der Waals surface area contributed by atoms with Crippen LogP contribution in [0.15, 0.2) is 59.5 Å². The third-order valence-electron chi connectivity index (χ3n) is 4.09. The molecule has 1 aliphatic heterocycles. The van der Waals surface area contributed by atoms with E-state index in [4.69, 9.17) is 5.11 Å². The zero-order chi connectivity index (χ0) is 19.5. The summed E-state index contributed by atoms with van der Waals surface area (Å²) < 4.78 is 0. The second-order valence-electron chi connectivity index (χ2n) is 6.09. The number of benzene rings is 1. The number of carboxylic acid groups (broad SMARTS) is 1. The summed E-state index contributed by atoms with van der Waals surface area (Å²) in [6.45, 7) is 0.507. The highest BCUT2D eigenvalue weighted by Crippen LogP contribution is 2.24. The summed E-state index contributed by atoms with van der Waals surface area (Å²) in [5.74, 6) is 0.636. The molecule has 1 heterocycles. The maximum atomic E-state index is 12.3. The molecule has 2 rings (SSSR count). The molecule has 5 nitrogen and oxygen atoms in total. The van der Waals surface area contributed by atoms with E-state index in [9.17, 15) is 14.7 Å². The third kappa shape index (κ3) is 8.24. The second kappa shape index (κ2) is 11.9. The van der Waals surface area contributed by atoms with E-state index in [1.54, 1.807) is 6.08 Å². The van der Waals surface area contributed by atoms with Crippen molar-refractivity contribution in [3.05, 3.63) is 54.6 Å². The fraction of sp³-hybridized carbons (Fsp3) is 0.400. The molecule has 2 N–H and O–H groups in total. The Morgan fingerprint density at radius 2 is 2.07 bits per heavy atom. The minimum Gasteiger partial charge on any atom is -0.473 e. The van der Waals surface area contributed by atoms with Gasteiger partial charge in [-0.05, 0) is 49.2 Å². The topological polar surface area (TPSA) is 77.8 Å². The number of carbonyl (C=O) groups is 2. The van der Waals surface area contributed by atoms with Gasteiger partial charge in [-0.1, -0.05) is 48.2 Å². The van der Waals surface area contributed by atoms with Crippen molar-refractivity contribution in [2.75, 3.05) is 12.3 Å². The summed E-state index contributed by atoms with van der Waals surface area (Å²) in [6.07, 6.45) is 10.5. The minimum absolute atomic E-state index is 0.0182. The van der Waals surface area contributed by atoms with E-state index in [1.807, 2.05) is 53.5 Å². The molecular weight excluding hydrogens is 382 g/mol. The van der Waals surface area contributed by atoms with Gasteiger partial charge in [-0.25, -0.2) is 4.79 Å². The Balaban J connectivity index is 1.85. The van der Waals surface area contributed by atoms with Crippen LogP contribution < -0.4 is 0 Å². The first-order valence-electron chi connectivity index (χ1n) is 8.94. The van der Waals surface area contributed by atoms with Crippen LogP contribution in [-0.4, -0.2) is 50.1 Å². The Morgan fingerprint density at radius 3 is 2.81 bits per heavy atom. The Labute approximate surface area is 168 Å². The first kappa shape index (κ1) is 21.6. The molecule has 1 saturated heterocycles. The lowest BCUT2D eigenvalue weighted by Crippen LogP contribution is -2.42. The van der Waals surface area contributed by atoms with E-state index in [0.29, 0.717) is 25.1 Å². The number of hydrogen-bond acceptors (Lipinski definition) is 5. The zero-order valence-corrected chi connectivity index (χ0v) is 16.7. The van der Waals surface area contributed by atoms with Gasteiger partial charge in [-0.15, -0.1) is 0 Å². The number of hydrogen-bond donors (Lipinski definition) is 2. The van der Waals surface area contributed by atoms with Gasteiger partial charge in [0.2, 0.25) is 5.91 Å². The Kier molecular flexibility index (Phi) is 9.52. The summed E-state index contributed by atoms with van der Waals surface area (Å²) in [6, 6.07) is 9.68. The van der Waals surface area contributed by atoms with E-state index in [1.165, 1.54) is 11.8 Å². The third-order valence-corrected chi connectivity index (χ3v) is 5.72. The molecular formula is C20H25NO4S2. The van der Waals surface area contributed by atoms with Crippen LogP contribution in [0.4, 0.5) is 4.79 Å². The maximum absolute atomic E-state index is 12.3. The Morgan fingerprint density at radius 1 is 1.30 bits per heavy atom. The molecule has 1 aromatic carbocycles. The smallest absolute Gasteiger partial charge is 0.364 e. The quantitative estimate of drug-likeness (QED) is 0.274. The van der Waals surface area contributed by atoms with Gasteiger partial charge in [0.15, 0.2) is 0 Å². The van der Waals surface area contributed by atoms with E-state index in [-0.39, 0.29) is 11.9 Å². The average Bonchev–Trinajstić information content (AvgIpc) is 2.65. The number of aliphatic hydroxyl groups excluding tert-OH is 1. The molecule has 0 saturated carbocycles. The number of thioether (sulfide) groups is 2. The van der Waals surface area contributed by atoms with Crippen LogP contribution in [0.2, 0.25) is 0 Å². The number of piperidine rings is 1. The number of aliphatic hydroxyl groups is 1. The fourth-order valence-corrected chi connectivity index (χ4v) is 4.00. The van der Waals surface area contributed by atoms with E-state index < -0.39 is 10.7 Å². The van der Waals surface area contributed by atoms with Gasteiger partial charge in [-0.2, -0.15) is 0 Å². The zero-order valence-electron chi connectivity index (χ0n) is 15.1. The standard InChI is InChI=1S/C20H25NO4S2/c22-18-11-7-8-16(21(18)14-5-2-6-15-26-20(24)25)12-13-19(23)27-17-9-3-1-4-10-17/h1-5,9-10,12-13,16,19,23H,6-8,11,14-15H2,(H,24,25)/t16-,19?/m1/s1. The van der Waals surface area contributed by atoms with Crippen molar-refractivity contribution in [3.63, 3.8) is 0 Å². The molecule has 2 atom stereocenters. The molecule has 1 amide bonds. The first-order chi connectivity index (χ1) is 13.1. The van der Waals surface area contributed by atoms with Gasteiger partial charge in [0.1, 0.15) is 5.44 Å². The van der Waals surface area contributed by atoms with Crippen molar-refractivity contribution >= 4 is 34.7 Å². The molecule has 1 fully saturated rings. The molecule has 0 aromatic heterocycles. The van der Waals surface area contributed by atoms with Crippen LogP contribution in [0.3, 0.4) is 0 Å². The number of carbonyl (C=O) groups excluding carboxylic acids is 1. The van der Waals surface area contributed by atoms with Crippen molar-refractivity contribution in [1.82, 2.24) is 4.90 Å². The predicted molar refractivity (Wildman–Crippen MR) is 111 cm³/mol. The van der Waals surface area contributed by atoms with Crippen LogP contribution in [0.25, 0.3) is 0 Å². The monoisotopic (exact) mass is 407 g/mol. The van der Waals surface area contributed by atoms with Gasteiger partial charge >= 0.3 is 5.30 Å². The van der Waals surface area contributed by atoms with Gasteiger partial charge in [-0.3, -0.25) is 4.79 Å². The number of rotatable bonds is 9. The summed E-state index contributed by atoms with van der Waals surface area (Å²) in [5.41, 5.74) is -0.658. The minimum atomic E-state index is -0.869. The van der Waals surface area contributed by atoms with Gasteiger partial charge < -0.3 is 15.1 Å². The normalized spacial score (nSPS) is 19.1. The van der Waals surface area contributed by atoms with Crippen molar-refractivity contribution in [2.24, 2.45) is 0 Å². The first-order valence-corrected chi connectivity index (χ1v) is 10.8. The maximum Gasteiger partial charge on any atom is 0.364 e. The van der Waals surface area contributed by atoms with Crippen LogP contribution in [-0.2, 0) is 4.79 Å². The number of amides is 1. The number of likely N-dealkylation sites (tertiary alicyclic amines) is 1. The summed E-state index contributed by atoms with van der Waals surface area (Å²) in [7, 11) is 0. The molecule has 1 unspecified atom stereocenters. The molecule has 0 aliphatic carbocycles. The van der Waals surface area contributed by atoms with Crippen molar-refractivity contribution in [3.8, 4) is 0 Å².